The molecule has 212 valence electrons. The lowest BCUT2D eigenvalue weighted by molar-refractivity contribution is -0.153. The molecular weight excluding hydrogens is 502 g/mol. The Morgan fingerprint density at radius 3 is 2.33 bits per heavy atom. The molecule has 3 aliphatic rings. The predicted octanol–water partition coefficient (Wildman–Crippen LogP) is 2.01. The van der Waals surface area contributed by atoms with E-state index in [4.69, 9.17) is 5.73 Å². The van der Waals surface area contributed by atoms with Gasteiger partial charge in [0.15, 0.2) is 11.4 Å². The molecule has 0 saturated heterocycles. The lowest BCUT2D eigenvalue weighted by atomic mass is 9.57. The quantitative estimate of drug-likeness (QED) is 0.325. The van der Waals surface area contributed by atoms with E-state index < -0.39 is 58.0 Å². The molecule has 0 aromatic heterocycles. The van der Waals surface area contributed by atoms with Gasteiger partial charge in [0.05, 0.1) is 11.6 Å². The van der Waals surface area contributed by atoms with Crippen molar-refractivity contribution in [1.82, 2.24) is 4.90 Å². The number of carbonyl (C=O) groups is 3. The van der Waals surface area contributed by atoms with Gasteiger partial charge in [-0.2, -0.15) is 0 Å². The number of nitrogens with zero attached hydrogens (tertiary/aromatic N) is 2. The minimum Gasteiger partial charge on any atom is -0.508 e. The van der Waals surface area contributed by atoms with E-state index in [1.54, 1.807) is 14.1 Å². The number of phenols is 1. The number of anilines is 1. The molecule has 4 rings (SSSR count). The van der Waals surface area contributed by atoms with E-state index in [2.05, 4.69) is 13.8 Å². The van der Waals surface area contributed by atoms with Crippen molar-refractivity contribution in [3.05, 3.63) is 39.7 Å². The normalized spacial score (nSPS) is 26.6. The van der Waals surface area contributed by atoms with Crippen LogP contribution in [0.25, 0.3) is 5.76 Å². The fourth-order valence-corrected chi connectivity index (χ4v) is 6.64. The summed E-state index contributed by atoms with van der Waals surface area (Å²) in [6.45, 7) is 4.24. The summed E-state index contributed by atoms with van der Waals surface area (Å²) in [5.41, 5.74) is 4.02. The summed E-state index contributed by atoms with van der Waals surface area (Å²) in [5, 5.41) is 45.6. The monoisotopic (exact) mass is 541 g/mol. The highest BCUT2D eigenvalue weighted by Crippen LogP contribution is 2.54. The van der Waals surface area contributed by atoms with Crippen LogP contribution in [0, 0.1) is 17.8 Å². The summed E-state index contributed by atoms with van der Waals surface area (Å²) >= 11 is 0. The molecule has 0 spiro atoms. The van der Waals surface area contributed by atoms with Crippen LogP contribution in [-0.4, -0.2) is 82.6 Å². The Morgan fingerprint density at radius 1 is 1.15 bits per heavy atom. The maximum atomic E-state index is 14.0. The van der Waals surface area contributed by atoms with Gasteiger partial charge in [-0.1, -0.05) is 20.3 Å². The summed E-state index contributed by atoms with van der Waals surface area (Å²) in [5.74, 6) is -5.89. The molecule has 1 amide bonds. The van der Waals surface area contributed by atoms with Crippen LogP contribution in [0.1, 0.15) is 49.8 Å². The number of aryl methyl sites for hydroxylation is 1. The number of phenolic OH excluding ortho intramolecular Hbond substituents is 1. The molecule has 1 fully saturated rings. The molecule has 6 N–H and O–H groups in total. The smallest absolute Gasteiger partial charge is 0.255 e. The molecule has 4 atom stereocenters. The second-order valence-electron chi connectivity index (χ2n) is 11.9. The maximum Gasteiger partial charge on any atom is 0.255 e. The van der Waals surface area contributed by atoms with Gasteiger partial charge in [-0.3, -0.25) is 19.3 Å². The first-order valence-electron chi connectivity index (χ1n) is 13.3. The molecular formula is C29H39N3O7. The van der Waals surface area contributed by atoms with Gasteiger partial charge in [0.2, 0.25) is 5.78 Å². The zero-order valence-corrected chi connectivity index (χ0v) is 23.4. The number of carbonyl (C=O) groups excluding carboxylic acids is 3. The summed E-state index contributed by atoms with van der Waals surface area (Å²) < 4.78 is 0. The zero-order chi connectivity index (χ0) is 29.1. The minimum atomic E-state index is -2.64. The number of Topliss-reactive ketones (excluding diaryl/α,β-unsaturated/α-hetero) is 2. The van der Waals surface area contributed by atoms with Crippen molar-refractivity contribution in [2.45, 2.75) is 57.6 Å². The topological polar surface area (TPSA) is 165 Å². The number of hydrogen-bond acceptors (Lipinski definition) is 9. The predicted molar refractivity (Wildman–Crippen MR) is 146 cm³/mol. The van der Waals surface area contributed by atoms with E-state index in [-0.39, 0.29) is 29.7 Å². The molecule has 0 radical (unpaired) electrons. The number of hydrogen-bond donors (Lipinski definition) is 5. The van der Waals surface area contributed by atoms with Crippen molar-refractivity contribution in [2.75, 3.05) is 33.1 Å². The Balaban J connectivity index is 1.93. The standard InChI is InChI=1S/C29H39N3O7/c1-13(2)8-7-9-14-12-18(31(3)4)16-10-15-11-17-22(32(5)6)25(35)21(28(30)38)27(37)29(17,39)26(36)19(15)24(34)20(16)23(14)33/h12-13,15,17,22,33-34,37,39H,7-11H2,1-6H3,(H2,30,38)/t15-,17-,22-,29-/m0/s1. The summed E-state index contributed by atoms with van der Waals surface area (Å²) in [6, 6.07) is 0.807. The Labute approximate surface area is 228 Å². The first-order valence-corrected chi connectivity index (χ1v) is 13.3. The molecule has 0 unspecified atom stereocenters. The third kappa shape index (κ3) is 4.30. The number of rotatable bonds is 7. The number of aromatic hydroxyl groups is 1. The fourth-order valence-electron chi connectivity index (χ4n) is 6.64. The molecule has 0 bridgehead atoms. The maximum absolute atomic E-state index is 14.0. The van der Waals surface area contributed by atoms with Crippen LogP contribution in [-0.2, 0) is 27.2 Å². The molecule has 10 nitrogen and oxygen atoms in total. The molecule has 1 aromatic carbocycles. The number of primary amides is 1. The average molecular weight is 542 g/mol. The van der Waals surface area contributed by atoms with Crippen molar-refractivity contribution in [3.63, 3.8) is 0 Å². The molecule has 3 aliphatic carbocycles. The first kappa shape index (κ1) is 28.6. The van der Waals surface area contributed by atoms with Gasteiger partial charge in [0.1, 0.15) is 22.8 Å². The number of aliphatic hydroxyl groups is 3. The van der Waals surface area contributed by atoms with E-state index in [1.807, 2.05) is 25.1 Å². The number of aliphatic hydroxyl groups excluding tert-OH is 2. The molecule has 39 heavy (non-hydrogen) atoms. The van der Waals surface area contributed by atoms with E-state index >= 15 is 0 Å². The van der Waals surface area contributed by atoms with Crippen LogP contribution >= 0.6 is 0 Å². The highest BCUT2D eigenvalue weighted by atomic mass is 16.3. The van der Waals surface area contributed by atoms with Crippen LogP contribution in [0.15, 0.2) is 23.0 Å². The largest absolute Gasteiger partial charge is 0.508 e. The van der Waals surface area contributed by atoms with Gasteiger partial charge in [0.25, 0.3) is 5.91 Å². The van der Waals surface area contributed by atoms with Crippen molar-refractivity contribution in [1.29, 1.82) is 0 Å². The molecule has 0 heterocycles. The van der Waals surface area contributed by atoms with Crippen LogP contribution in [0.3, 0.4) is 0 Å². The number of nitrogens with two attached hydrogens (primary N) is 1. The van der Waals surface area contributed by atoms with Gasteiger partial charge in [-0.25, -0.2) is 0 Å². The molecule has 1 aromatic rings. The van der Waals surface area contributed by atoms with Crippen molar-refractivity contribution in [2.24, 2.45) is 23.5 Å². The lowest BCUT2D eigenvalue weighted by Crippen LogP contribution is -2.65. The van der Waals surface area contributed by atoms with Crippen LogP contribution in [0.2, 0.25) is 0 Å². The number of benzene rings is 1. The number of likely N-dealkylation sites (N-methyl/N-ethyl adjacent to an activating group) is 1. The number of fused-ring (bicyclic) bond motifs is 3. The van der Waals surface area contributed by atoms with Gasteiger partial charge in [-0.15, -0.1) is 0 Å². The highest BCUT2D eigenvalue weighted by molar-refractivity contribution is 6.24. The van der Waals surface area contributed by atoms with Gasteiger partial charge in [-0.05, 0) is 68.8 Å². The second kappa shape index (κ2) is 9.98. The molecule has 10 heteroatoms. The minimum absolute atomic E-state index is 0.0650. The lowest BCUT2D eigenvalue weighted by Gasteiger charge is -2.50. The second-order valence-corrected chi connectivity index (χ2v) is 11.9. The van der Waals surface area contributed by atoms with Crippen LogP contribution in [0.4, 0.5) is 5.69 Å². The van der Waals surface area contributed by atoms with Gasteiger partial charge < -0.3 is 31.1 Å². The van der Waals surface area contributed by atoms with E-state index in [0.717, 1.165) is 18.5 Å². The van der Waals surface area contributed by atoms with E-state index in [0.29, 0.717) is 23.5 Å². The number of amides is 1. The molecule has 1 saturated carbocycles. The average Bonchev–Trinajstić information content (AvgIpc) is 2.81. The van der Waals surface area contributed by atoms with Crippen molar-refractivity contribution < 1.29 is 34.8 Å². The first-order chi connectivity index (χ1) is 18.1. The fraction of sp³-hybridized carbons (Fsp3) is 0.552. The Morgan fingerprint density at radius 2 is 1.79 bits per heavy atom. The van der Waals surface area contributed by atoms with E-state index in [1.165, 1.54) is 4.90 Å². The van der Waals surface area contributed by atoms with Crippen LogP contribution in [0.5, 0.6) is 5.75 Å². The third-order valence-corrected chi connectivity index (χ3v) is 8.49. The number of ketones is 2. The van der Waals surface area contributed by atoms with Gasteiger partial charge >= 0.3 is 0 Å². The van der Waals surface area contributed by atoms with Crippen molar-refractivity contribution in [3.8, 4) is 5.75 Å². The summed E-state index contributed by atoms with van der Waals surface area (Å²) in [6.07, 6.45) is 2.68. The Hall–Kier alpha value is -3.37. The zero-order valence-electron chi connectivity index (χ0n) is 23.4. The SMILES string of the molecule is CC(C)CCCc1cc(N(C)C)c2c(c1O)C(O)=C1C(=O)[C@]3(O)C(O)=C(C(N)=O)C(=O)[C@@H](N(C)C)[C@@H]3C[C@@H]1C2. The summed E-state index contributed by atoms with van der Waals surface area (Å²) in [7, 11) is 6.89. The highest BCUT2D eigenvalue weighted by Gasteiger charge is 2.64. The van der Waals surface area contributed by atoms with E-state index in [9.17, 15) is 34.8 Å². The molecule has 0 aliphatic heterocycles. The third-order valence-electron chi connectivity index (χ3n) is 8.49. The summed E-state index contributed by atoms with van der Waals surface area (Å²) in [4.78, 5) is 42.7. The van der Waals surface area contributed by atoms with Gasteiger partial charge in [0, 0.05) is 31.3 Å². The Bertz CT molecular complexity index is 1310. The van der Waals surface area contributed by atoms with Crippen molar-refractivity contribution >= 4 is 28.9 Å². The Kier molecular flexibility index (Phi) is 7.33. The van der Waals surface area contributed by atoms with Crippen LogP contribution < -0.4 is 10.6 Å².